The topological polar surface area (TPSA) is 73.8 Å². The summed E-state index contributed by atoms with van der Waals surface area (Å²) < 4.78 is 24.4. The number of guanidine groups is 1. The maximum Gasteiger partial charge on any atom is 0.190 e. The molecule has 0 unspecified atom stereocenters. The molecule has 2 rings (SSSR count). The Morgan fingerprint density at radius 1 is 1.00 bits per heavy atom. The van der Waals surface area contributed by atoms with Gasteiger partial charge >= 0.3 is 0 Å². The van der Waals surface area contributed by atoms with Gasteiger partial charge in [0, 0.05) is 20.1 Å². The van der Waals surface area contributed by atoms with E-state index in [2.05, 4.69) is 20.5 Å². The van der Waals surface area contributed by atoms with Gasteiger partial charge in [-0.1, -0.05) is 43.2 Å². The van der Waals surface area contributed by atoms with Crippen LogP contribution in [0.1, 0.15) is 44.1 Å². The van der Waals surface area contributed by atoms with Gasteiger partial charge in [0.05, 0.1) is 11.5 Å². The SMILES string of the molecule is CN=C(NCCCN1CCCCCC1)NCCCS(=O)(=O)Cc1ccccc1.I. The highest BCUT2D eigenvalue weighted by molar-refractivity contribution is 14.0. The molecular formula is C21H37IN4O2S. The Morgan fingerprint density at radius 3 is 2.24 bits per heavy atom. The van der Waals surface area contributed by atoms with Crippen LogP contribution in [0.5, 0.6) is 0 Å². The second kappa shape index (κ2) is 15.0. The van der Waals surface area contributed by atoms with E-state index in [1.54, 1.807) is 7.05 Å². The normalized spacial score (nSPS) is 16.0. The summed E-state index contributed by atoms with van der Waals surface area (Å²) >= 11 is 0. The van der Waals surface area contributed by atoms with E-state index >= 15 is 0 Å². The number of aliphatic imine (C=N–C) groups is 1. The van der Waals surface area contributed by atoms with E-state index in [4.69, 9.17) is 0 Å². The summed E-state index contributed by atoms with van der Waals surface area (Å²) in [5.74, 6) is 1.04. The molecule has 0 atom stereocenters. The molecule has 0 saturated carbocycles. The highest BCUT2D eigenvalue weighted by atomic mass is 127. The molecule has 1 aromatic carbocycles. The van der Waals surface area contributed by atoms with Crippen molar-refractivity contribution in [2.24, 2.45) is 4.99 Å². The standard InChI is InChI=1S/C21H36N4O2S.HI/c1-22-21(23-13-9-17-25-15-7-2-3-8-16-25)24-14-10-18-28(26,27)19-20-11-5-4-6-12-20;/h4-6,11-12H,2-3,7-10,13-19H2,1H3,(H2,22,23,24);1H. The molecule has 0 aliphatic carbocycles. The van der Waals surface area contributed by atoms with Crippen molar-refractivity contribution in [3.8, 4) is 0 Å². The number of hydrogen-bond donors (Lipinski definition) is 2. The molecule has 1 aliphatic heterocycles. The lowest BCUT2D eigenvalue weighted by Gasteiger charge is -2.20. The second-order valence-electron chi connectivity index (χ2n) is 7.47. The molecule has 0 bridgehead atoms. The van der Waals surface area contributed by atoms with Crippen molar-refractivity contribution in [3.63, 3.8) is 0 Å². The number of halogens is 1. The molecule has 2 N–H and O–H groups in total. The maximum absolute atomic E-state index is 12.2. The van der Waals surface area contributed by atoms with Gasteiger partial charge in [-0.05, 0) is 50.9 Å². The van der Waals surface area contributed by atoms with Gasteiger partial charge in [-0.2, -0.15) is 0 Å². The van der Waals surface area contributed by atoms with E-state index in [-0.39, 0.29) is 35.5 Å². The van der Waals surface area contributed by atoms with Crippen LogP contribution in [-0.2, 0) is 15.6 Å². The van der Waals surface area contributed by atoms with Crippen LogP contribution in [0, 0.1) is 0 Å². The molecule has 1 heterocycles. The largest absolute Gasteiger partial charge is 0.356 e. The van der Waals surface area contributed by atoms with E-state index in [9.17, 15) is 8.42 Å². The minimum atomic E-state index is -3.08. The predicted molar refractivity (Wildman–Crippen MR) is 133 cm³/mol. The van der Waals surface area contributed by atoms with Crippen molar-refractivity contribution in [3.05, 3.63) is 35.9 Å². The van der Waals surface area contributed by atoms with Crippen molar-refractivity contribution in [2.45, 2.75) is 44.3 Å². The molecule has 166 valence electrons. The van der Waals surface area contributed by atoms with Gasteiger partial charge < -0.3 is 15.5 Å². The first-order valence-electron chi connectivity index (χ1n) is 10.5. The van der Waals surface area contributed by atoms with Gasteiger partial charge in [-0.15, -0.1) is 24.0 Å². The third-order valence-corrected chi connectivity index (χ3v) is 6.70. The van der Waals surface area contributed by atoms with Gasteiger partial charge in [0.1, 0.15) is 0 Å². The molecule has 1 fully saturated rings. The van der Waals surface area contributed by atoms with Gasteiger partial charge in [0.25, 0.3) is 0 Å². The van der Waals surface area contributed by atoms with Crippen LogP contribution in [0.2, 0.25) is 0 Å². The zero-order valence-electron chi connectivity index (χ0n) is 17.6. The molecule has 1 aromatic rings. The van der Waals surface area contributed by atoms with Crippen LogP contribution < -0.4 is 10.6 Å². The zero-order chi connectivity index (χ0) is 20.1. The number of nitrogens with one attached hydrogen (secondary N) is 2. The quantitative estimate of drug-likeness (QED) is 0.208. The average Bonchev–Trinajstić information content (AvgIpc) is 2.96. The summed E-state index contributed by atoms with van der Waals surface area (Å²) in [5, 5.41) is 6.54. The Bertz CT molecular complexity index is 675. The van der Waals surface area contributed by atoms with Crippen LogP contribution >= 0.6 is 24.0 Å². The van der Waals surface area contributed by atoms with Crippen molar-refractivity contribution in [2.75, 3.05) is 45.5 Å². The summed E-state index contributed by atoms with van der Waals surface area (Å²) in [6, 6.07) is 9.34. The van der Waals surface area contributed by atoms with Crippen molar-refractivity contribution < 1.29 is 8.42 Å². The minimum Gasteiger partial charge on any atom is -0.356 e. The molecule has 0 radical (unpaired) electrons. The van der Waals surface area contributed by atoms with E-state index in [0.717, 1.165) is 31.0 Å². The molecule has 1 aliphatic rings. The Labute approximate surface area is 193 Å². The fourth-order valence-corrected chi connectivity index (χ4v) is 4.92. The lowest BCUT2D eigenvalue weighted by molar-refractivity contribution is 0.282. The second-order valence-corrected chi connectivity index (χ2v) is 9.65. The Hall–Kier alpha value is -0.870. The molecule has 6 nitrogen and oxygen atoms in total. The molecular weight excluding hydrogens is 499 g/mol. The molecule has 0 amide bonds. The number of likely N-dealkylation sites (tertiary alicyclic amines) is 1. The van der Waals surface area contributed by atoms with Crippen molar-refractivity contribution >= 4 is 39.8 Å². The smallest absolute Gasteiger partial charge is 0.190 e. The Kier molecular flexibility index (Phi) is 13.5. The Morgan fingerprint density at radius 2 is 1.62 bits per heavy atom. The first-order chi connectivity index (χ1) is 13.6. The molecule has 0 aromatic heterocycles. The fraction of sp³-hybridized carbons (Fsp3) is 0.667. The lowest BCUT2D eigenvalue weighted by atomic mass is 10.2. The first-order valence-corrected chi connectivity index (χ1v) is 12.3. The van der Waals surface area contributed by atoms with Crippen LogP contribution in [0.3, 0.4) is 0 Å². The van der Waals surface area contributed by atoms with E-state index in [0.29, 0.717) is 13.0 Å². The lowest BCUT2D eigenvalue weighted by Crippen LogP contribution is -2.39. The summed E-state index contributed by atoms with van der Waals surface area (Å²) in [5.41, 5.74) is 0.845. The Balaban J connectivity index is 0.00000420. The predicted octanol–water partition coefficient (Wildman–Crippen LogP) is 3.04. The van der Waals surface area contributed by atoms with Crippen molar-refractivity contribution in [1.82, 2.24) is 15.5 Å². The van der Waals surface area contributed by atoms with Crippen LogP contribution in [0.4, 0.5) is 0 Å². The number of benzene rings is 1. The van der Waals surface area contributed by atoms with Crippen LogP contribution in [-0.4, -0.2) is 64.8 Å². The minimum absolute atomic E-state index is 0. The van der Waals surface area contributed by atoms with E-state index in [1.165, 1.54) is 38.8 Å². The highest BCUT2D eigenvalue weighted by Crippen LogP contribution is 2.09. The zero-order valence-corrected chi connectivity index (χ0v) is 20.8. The van der Waals surface area contributed by atoms with E-state index in [1.807, 2.05) is 30.3 Å². The number of sulfone groups is 1. The molecule has 0 spiro atoms. The van der Waals surface area contributed by atoms with Gasteiger partial charge in [0.15, 0.2) is 15.8 Å². The fourth-order valence-electron chi connectivity index (χ4n) is 3.49. The summed E-state index contributed by atoms with van der Waals surface area (Å²) in [6.45, 7) is 5.05. The third kappa shape index (κ3) is 11.8. The summed E-state index contributed by atoms with van der Waals surface area (Å²) in [4.78, 5) is 6.78. The number of hydrogen-bond acceptors (Lipinski definition) is 4. The summed E-state index contributed by atoms with van der Waals surface area (Å²) in [6.07, 6.45) is 7.04. The van der Waals surface area contributed by atoms with Gasteiger partial charge in [-0.3, -0.25) is 4.99 Å². The van der Waals surface area contributed by atoms with E-state index < -0.39 is 9.84 Å². The van der Waals surface area contributed by atoms with Crippen molar-refractivity contribution in [1.29, 1.82) is 0 Å². The monoisotopic (exact) mass is 536 g/mol. The third-order valence-electron chi connectivity index (χ3n) is 5.02. The number of nitrogens with zero attached hydrogens (tertiary/aromatic N) is 2. The van der Waals surface area contributed by atoms with Gasteiger partial charge in [0.2, 0.25) is 0 Å². The van der Waals surface area contributed by atoms with Gasteiger partial charge in [-0.25, -0.2) is 8.42 Å². The highest BCUT2D eigenvalue weighted by Gasteiger charge is 2.12. The average molecular weight is 537 g/mol. The molecule has 29 heavy (non-hydrogen) atoms. The molecule has 1 saturated heterocycles. The van der Waals surface area contributed by atoms with Crippen LogP contribution in [0.15, 0.2) is 35.3 Å². The summed E-state index contributed by atoms with van der Waals surface area (Å²) in [7, 11) is -1.34. The first kappa shape index (κ1) is 26.2. The van der Waals surface area contributed by atoms with Crippen LogP contribution in [0.25, 0.3) is 0 Å². The maximum atomic E-state index is 12.2. The number of rotatable bonds is 10. The molecule has 8 heteroatoms.